The third kappa shape index (κ3) is 5.72. The molecule has 0 bridgehead atoms. The van der Waals surface area contributed by atoms with Gasteiger partial charge >= 0.3 is 0 Å². The van der Waals surface area contributed by atoms with E-state index in [0.717, 1.165) is 89.9 Å². The van der Waals surface area contributed by atoms with Crippen molar-refractivity contribution >= 4 is 65.7 Å². The Morgan fingerprint density at radius 1 is 0.377 bits per heavy atom. The third-order valence-electron chi connectivity index (χ3n) is 14.4. The molecule has 6 aromatic heterocycles. The van der Waals surface area contributed by atoms with Gasteiger partial charge in [-0.3, -0.25) is 9.97 Å². The van der Waals surface area contributed by atoms with Crippen LogP contribution >= 0.6 is 0 Å². The number of hydrogen-bond acceptors (Lipinski definition) is 5. The molecule has 69 heavy (non-hydrogen) atoms. The SMILES string of the molecule is Cc1cccc2c3cccc(C)c3n(-c3cc(-c4nc(-c5ccccc5)nc(-c5ccccc5)n4)cc(-n4c5c(C)cccc5c5cccc(C)c54)c3-n3c4c(C)ccnc4c4ncc5c(c43)C5)c12. The number of hydrogen-bond donors (Lipinski definition) is 0. The molecule has 0 fully saturated rings. The maximum absolute atomic E-state index is 5.43. The standard InChI is InChI=1S/C61H44N8/c1-34-16-12-24-43-44-25-13-17-35(2)53(44)67(52(34)43)48-31-41(61-65-59(39-20-8-6-9-21-39)64-60(66-61)40-22-10-7-11-23-40)32-49(68-54-36(3)18-14-26-45(54)46-27-15-19-37(4)55(46)68)58(48)69-56-38(5)28-29-62-50(56)51-57(69)47-30-42(47)33-63-51/h6-29,31-33H,30H2,1-5H3. The van der Waals surface area contributed by atoms with Crippen molar-refractivity contribution in [1.29, 1.82) is 0 Å². The Kier molecular flexibility index (Phi) is 8.35. The molecule has 8 nitrogen and oxygen atoms in total. The van der Waals surface area contributed by atoms with Gasteiger partial charge in [-0.2, -0.15) is 0 Å². The molecule has 14 rings (SSSR count). The van der Waals surface area contributed by atoms with Crippen LogP contribution in [0.3, 0.4) is 0 Å². The summed E-state index contributed by atoms with van der Waals surface area (Å²) in [5.74, 6) is 1.79. The van der Waals surface area contributed by atoms with Gasteiger partial charge in [0.1, 0.15) is 11.0 Å². The normalized spacial score (nSPS) is 12.4. The average molecular weight is 889 g/mol. The fourth-order valence-electron chi connectivity index (χ4n) is 11.2. The number of nitrogens with zero attached hydrogens (tertiary/aromatic N) is 8. The van der Waals surface area contributed by atoms with Crippen molar-refractivity contribution in [2.24, 2.45) is 0 Å². The lowest BCUT2D eigenvalue weighted by Crippen LogP contribution is -2.12. The smallest absolute Gasteiger partial charge is 0.164 e. The maximum Gasteiger partial charge on any atom is 0.164 e. The van der Waals surface area contributed by atoms with E-state index in [-0.39, 0.29) is 0 Å². The molecule has 328 valence electrons. The van der Waals surface area contributed by atoms with Crippen LogP contribution in [0.5, 0.6) is 0 Å². The summed E-state index contributed by atoms with van der Waals surface area (Å²) in [5.41, 5.74) is 22.6. The first-order valence-corrected chi connectivity index (χ1v) is 23.6. The van der Waals surface area contributed by atoms with Crippen molar-refractivity contribution in [3.8, 4) is 51.2 Å². The lowest BCUT2D eigenvalue weighted by Gasteiger charge is -2.24. The molecule has 0 saturated carbocycles. The highest BCUT2D eigenvalue weighted by Crippen LogP contribution is 2.48. The number of aryl methyl sites for hydroxylation is 5. The van der Waals surface area contributed by atoms with Crippen LogP contribution in [-0.4, -0.2) is 38.6 Å². The Morgan fingerprint density at radius 3 is 1.26 bits per heavy atom. The summed E-state index contributed by atoms with van der Waals surface area (Å²) in [6, 6.07) is 54.0. The monoisotopic (exact) mass is 888 g/mol. The van der Waals surface area contributed by atoms with E-state index in [4.69, 9.17) is 24.9 Å². The van der Waals surface area contributed by atoms with E-state index >= 15 is 0 Å². The minimum absolute atomic E-state index is 0.578. The van der Waals surface area contributed by atoms with Crippen molar-refractivity contribution in [3.63, 3.8) is 0 Å². The van der Waals surface area contributed by atoms with Crippen molar-refractivity contribution in [2.75, 3.05) is 0 Å². The highest BCUT2D eigenvalue weighted by molar-refractivity contribution is 6.15. The molecule has 7 aromatic carbocycles. The minimum Gasteiger partial charge on any atom is -0.306 e. The summed E-state index contributed by atoms with van der Waals surface area (Å²) in [5, 5.41) is 4.79. The molecule has 0 spiro atoms. The summed E-state index contributed by atoms with van der Waals surface area (Å²) >= 11 is 0. The molecule has 0 N–H and O–H groups in total. The Balaban J connectivity index is 1.26. The van der Waals surface area contributed by atoms with Gasteiger partial charge in [0, 0.05) is 57.0 Å². The maximum atomic E-state index is 5.43. The van der Waals surface area contributed by atoms with Crippen LogP contribution in [0.2, 0.25) is 0 Å². The summed E-state index contributed by atoms with van der Waals surface area (Å²) in [4.78, 5) is 26.4. The zero-order chi connectivity index (χ0) is 46.2. The van der Waals surface area contributed by atoms with Crippen LogP contribution in [0.1, 0.15) is 38.9 Å². The molecule has 0 aliphatic heterocycles. The van der Waals surface area contributed by atoms with E-state index in [1.165, 1.54) is 54.9 Å². The number of rotatable bonds is 6. The molecule has 0 unspecified atom stereocenters. The second kappa shape index (κ2) is 14.6. The van der Waals surface area contributed by atoms with Gasteiger partial charge in [-0.15, -0.1) is 0 Å². The van der Waals surface area contributed by atoms with E-state index in [0.29, 0.717) is 17.5 Å². The first-order chi connectivity index (χ1) is 33.8. The molecule has 0 atom stereocenters. The molecule has 0 saturated heterocycles. The molecule has 1 aliphatic rings. The molecule has 0 radical (unpaired) electrons. The fourth-order valence-corrected chi connectivity index (χ4v) is 11.2. The largest absolute Gasteiger partial charge is 0.306 e. The van der Waals surface area contributed by atoms with Crippen LogP contribution in [-0.2, 0) is 6.42 Å². The first kappa shape index (κ1) is 39.4. The number of aromatic nitrogens is 8. The minimum atomic E-state index is 0.578. The van der Waals surface area contributed by atoms with Crippen molar-refractivity contribution in [3.05, 3.63) is 203 Å². The van der Waals surface area contributed by atoms with E-state index in [2.05, 4.69) is 164 Å². The Labute approximate surface area is 397 Å². The first-order valence-electron chi connectivity index (χ1n) is 23.6. The van der Waals surface area contributed by atoms with Gasteiger partial charge in [0.25, 0.3) is 0 Å². The van der Waals surface area contributed by atoms with Gasteiger partial charge in [0.15, 0.2) is 17.5 Å². The summed E-state index contributed by atoms with van der Waals surface area (Å²) < 4.78 is 7.57. The van der Waals surface area contributed by atoms with Crippen molar-refractivity contribution in [2.45, 2.75) is 41.0 Å². The topological polar surface area (TPSA) is 79.2 Å². The highest BCUT2D eigenvalue weighted by Gasteiger charge is 2.33. The lowest BCUT2D eigenvalue weighted by atomic mass is 10.1. The van der Waals surface area contributed by atoms with Gasteiger partial charge < -0.3 is 13.7 Å². The molecule has 13 aromatic rings. The van der Waals surface area contributed by atoms with Crippen LogP contribution in [0.15, 0.2) is 164 Å². The van der Waals surface area contributed by atoms with Crippen LogP contribution in [0.25, 0.3) is 117 Å². The van der Waals surface area contributed by atoms with Crippen LogP contribution < -0.4 is 0 Å². The van der Waals surface area contributed by atoms with Crippen LogP contribution in [0.4, 0.5) is 0 Å². The van der Waals surface area contributed by atoms with Crippen molar-refractivity contribution < 1.29 is 0 Å². The van der Waals surface area contributed by atoms with E-state index in [1.54, 1.807) is 0 Å². The average Bonchev–Trinajstić information content (AvgIpc) is 3.82. The number of pyridine rings is 2. The van der Waals surface area contributed by atoms with E-state index < -0.39 is 0 Å². The summed E-state index contributed by atoms with van der Waals surface area (Å²) in [6.45, 7) is 11.1. The van der Waals surface area contributed by atoms with Gasteiger partial charge in [-0.05, 0) is 91.8 Å². The Morgan fingerprint density at radius 2 is 0.797 bits per heavy atom. The Hall–Kier alpha value is -8.75. The molecular formula is C61H44N8. The third-order valence-corrected chi connectivity index (χ3v) is 14.4. The van der Waals surface area contributed by atoms with Crippen LogP contribution in [0, 0.1) is 34.6 Å². The van der Waals surface area contributed by atoms with Gasteiger partial charge in [0.05, 0.1) is 50.2 Å². The number of benzene rings is 7. The van der Waals surface area contributed by atoms with Gasteiger partial charge in [-0.1, -0.05) is 133 Å². The predicted molar refractivity (Wildman–Crippen MR) is 281 cm³/mol. The quantitative estimate of drug-likeness (QED) is 0.166. The molecule has 6 heterocycles. The fraction of sp³-hybridized carbons (Fsp3) is 0.0984. The highest BCUT2D eigenvalue weighted by atomic mass is 15.1. The summed E-state index contributed by atoms with van der Waals surface area (Å²) in [7, 11) is 0. The van der Waals surface area contributed by atoms with Gasteiger partial charge in [-0.25, -0.2) is 15.0 Å². The number of fused-ring (bicyclic) bond motifs is 11. The second-order valence-electron chi connectivity index (χ2n) is 18.8. The predicted octanol–water partition coefficient (Wildman–Crippen LogP) is 14.4. The van der Waals surface area contributed by atoms with E-state index in [1.807, 2.05) is 48.8 Å². The van der Waals surface area contributed by atoms with E-state index in [9.17, 15) is 0 Å². The zero-order valence-electron chi connectivity index (χ0n) is 38.9. The lowest BCUT2D eigenvalue weighted by molar-refractivity contribution is 1.03. The molecular weight excluding hydrogens is 845 g/mol. The van der Waals surface area contributed by atoms with Crippen molar-refractivity contribution in [1.82, 2.24) is 38.6 Å². The number of para-hydroxylation sites is 4. The zero-order valence-corrected chi connectivity index (χ0v) is 38.9. The molecule has 0 amide bonds. The second-order valence-corrected chi connectivity index (χ2v) is 18.8. The molecule has 8 heteroatoms. The summed E-state index contributed by atoms with van der Waals surface area (Å²) in [6.07, 6.45) is 4.85. The Bertz CT molecular complexity index is 3980. The van der Waals surface area contributed by atoms with Gasteiger partial charge in [0.2, 0.25) is 0 Å². The molecule has 1 aliphatic carbocycles.